The van der Waals surface area contributed by atoms with Crippen LogP contribution in [-0.4, -0.2) is 38.3 Å². The van der Waals surface area contributed by atoms with Crippen molar-refractivity contribution >= 4 is 0 Å². The molecule has 4 heteroatoms. The van der Waals surface area contributed by atoms with Crippen molar-refractivity contribution in [2.45, 2.75) is 45.1 Å². The molecule has 0 aromatic heterocycles. The van der Waals surface area contributed by atoms with Gasteiger partial charge in [-0.05, 0) is 38.4 Å². The van der Waals surface area contributed by atoms with Crippen LogP contribution in [0.1, 0.15) is 50.6 Å². The number of likely N-dealkylation sites (tertiary alicyclic amines) is 1. The van der Waals surface area contributed by atoms with E-state index in [9.17, 15) is 0 Å². The van der Waals surface area contributed by atoms with Gasteiger partial charge < -0.3 is 15.2 Å². The standard InChI is InChI=1S/C18H30N2O2/c1-3-4-7-12-22-18-13-15(21-2)8-9-16(18)17(14-19)20-10-5-6-11-20/h8-9,13,17H,3-7,10-12,14,19H2,1-2H3. The van der Waals surface area contributed by atoms with Crippen LogP contribution in [-0.2, 0) is 0 Å². The first-order valence-electron chi connectivity index (χ1n) is 8.55. The molecule has 1 atom stereocenters. The van der Waals surface area contributed by atoms with Gasteiger partial charge in [0.1, 0.15) is 11.5 Å². The monoisotopic (exact) mass is 306 g/mol. The minimum absolute atomic E-state index is 0.245. The minimum atomic E-state index is 0.245. The highest BCUT2D eigenvalue weighted by molar-refractivity contribution is 5.43. The first-order chi connectivity index (χ1) is 10.8. The highest BCUT2D eigenvalue weighted by atomic mass is 16.5. The number of unbranched alkanes of at least 4 members (excludes halogenated alkanes) is 2. The number of benzene rings is 1. The second-order valence-corrected chi connectivity index (χ2v) is 5.95. The van der Waals surface area contributed by atoms with Crippen LogP contribution in [0.25, 0.3) is 0 Å². The van der Waals surface area contributed by atoms with Gasteiger partial charge in [0.05, 0.1) is 19.8 Å². The van der Waals surface area contributed by atoms with E-state index in [1.54, 1.807) is 7.11 Å². The third-order valence-electron chi connectivity index (χ3n) is 4.39. The molecule has 22 heavy (non-hydrogen) atoms. The van der Waals surface area contributed by atoms with Crippen LogP contribution in [0, 0.1) is 0 Å². The molecule has 1 aliphatic rings. The third-order valence-corrected chi connectivity index (χ3v) is 4.39. The largest absolute Gasteiger partial charge is 0.497 e. The maximum atomic E-state index is 6.07. The molecule has 0 aliphatic carbocycles. The average molecular weight is 306 g/mol. The molecule has 1 heterocycles. The summed E-state index contributed by atoms with van der Waals surface area (Å²) >= 11 is 0. The molecule has 1 aromatic rings. The van der Waals surface area contributed by atoms with Gasteiger partial charge in [-0.1, -0.05) is 25.8 Å². The van der Waals surface area contributed by atoms with Gasteiger partial charge in [0.2, 0.25) is 0 Å². The fraction of sp³-hybridized carbons (Fsp3) is 0.667. The maximum absolute atomic E-state index is 6.07. The lowest BCUT2D eigenvalue weighted by atomic mass is 10.0. The van der Waals surface area contributed by atoms with Crippen LogP contribution >= 0.6 is 0 Å². The Labute approximate surface area is 134 Å². The summed E-state index contributed by atoms with van der Waals surface area (Å²) in [7, 11) is 1.69. The van der Waals surface area contributed by atoms with Crippen LogP contribution < -0.4 is 15.2 Å². The molecule has 0 radical (unpaired) electrons. The lowest BCUT2D eigenvalue weighted by Crippen LogP contribution is -2.31. The van der Waals surface area contributed by atoms with Gasteiger partial charge in [-0.15, -0.1) is 0 Å². The SMILES string of the molecule is CCCCCOc1cc(OC)ccc1C(CN)N1CCCC1. The van der Waals surface area contributed by atoms with Gasteiger partial charge in [-0.2, -0.15) is 0 Å². The Balaban J connectivity index is 2.15. The molecule has 1 fully saturated rings. The van der Waals surface area contributed by atoms with Crippen molar-refractivity contribution in [3.8, 4) is 11.5 Å². The third kappa shape index (κ3) is 4.37. The first kappa shape index (κ1) is 17.1. The Morgan fingerprint density at radius 3 is 2.64 bits per heavy atom. The van der Waals surface area contributed by atoms with Crippen LogP contribution in [0.2, 0.25) is 0 Å². The summed E-state index contributed by atoms with van der Waals surface area (Å²) in [5.41, 5.74) is 7.27. The van der Waals surface area contributed by atoms with E-state index in [4.69, 9.17) is 15.2 Å². The van der Waals surface area contributed by atoms with Crippen molar-refractivity contribution in [3.05, 3.63) is 23.8 Å². The maximum Gasteiger partial charge on any atom is 0.127 e. The zero-order valence-electron chi connectivity index (χ0n) is 14.0. The highest BCUT2D eigenvalue weighted by Gasteiger charge is 2.25. The van der Waals surface area contributed by atoms with E-state index in [0.29, 0.717) is 6.54 Å². The molecular formula is C18H30N2O2. The van der Waals surface area contributed by atoms with Crippen molar-refractivity contribution < 1.29 is 9.47 Å². The lowest BCUT2D eigenvalue weighted by Gasteiger charge is -2.28. The number of hydrogen-bond donors (Lipinski definition) is 1. The van der Waals surface area contributed by atoms with Gasteiger partial charge in [0.25, 0.3) is 0 Å². The molecule has 1 aromatic carbocycles. The Kier molecular flexibility index (Phi) is 7.00. The van der Waals surface area contributed by atoms with E-state index in [1.165, 1.54) is 31.2 Å². The average Bonchev–Trinajstić information content (AvgIpc) is 3.07. The number of nitrogens with zero attached hydrogens (tertiary/aromatic N) is 1. The number of ether oxygens (including phenoxy) is 2. The second kappa shape index (κ2) is 9.01. The van der Waals surface area contributed by atoms with Gasteiger partial charge >= 0.3 is 0 Å². The molecule has 2 N–H and O–H groups in total. The molecule has 1 saturated heterocycles. The van der Waals surface area contributed by atoms with E-state index in [0.717, 1.165) is 37.6 Å². The number of methoxy groups -OCH3 is 1. The normalized spacial score (nSPS) is 16.7. The fourth-order valence-corrected chi connectivity index (χ4v) is 3.10. The first-order valence-corrected chi connectivity index (χ1v) is 8.55. The minimum Gasteiger partial charge on any atom is -0.497 e. The zero-order chi connectivity index (χ0) is 15.8. The molecule has 0 amide bonds. The van der Waals surface area contributed by atoms with Gasteiger partial charge in [0, 0.05) is 18.2 Å². The summed E-state index contributed by atoms with van der Waals surface area (Å²) in [6.45, 7) is 5.84. The predicted molar refractivity (Wildman–Crippen MR) is 90.6 cm³/mol. The molecule has 124 valence electrons. The van der Waals surface area contributed by atoms with Gasteiger partial charge in [-0.3, -0.25) is 4.90 Å². The number of hydrogen-bond acceptors (Lipinski definition) is 4. The predicted octanol–water partition coefficient (Wildman–Crippen LogP) is 3.36. The van der Waals surface area contributed by atoms with Crippen molar-refractivity contribution in [1.29, 1.82) is 0 Å². The lowest BCUT2D eigenvalue weighted by molar-refractivity contribution is 0.237. The Hall–Kier alpha value is -1.26. The van der Waals surface area contributed by atoms with Crippen LogP contribution in [0.4, 0.5) is 0 Å². The summed E-state index contributed by atoms with van der Waals surface area (Å²) in [5, 5.41) is 0. The summed E-state index contributed by atoms with van der Waals surface area (Å²) in [6.07, 6.45) is 6.02. The van der Waals surface area contributed by atoms with Crippen LogP contribution in [0.5, 0.6) is 11.5 Å². The van der Waals surface area contributed by atoms with Crippen LogP contribution in [0.3, 0.4) is 0 Å². The highest BCUT2D eigenvalue weighted by Crippen LogP contribution is 2.34. The molecular weight excluding hydrogens is 276 g/mol. The summed E-state index contributed by atoms with van der Waals surface area (Å²) in [4.78, 5) is 2.47. The van der Waals surface area contributed by atoms with Crippen molar-refractivity contribution in [1.82, 2.24) is 4.90 Å². The summed E-state index contributed by atoms with van der Waals surface area (Å²) in [5.74, 6) is 1.77. The van der Waals surface area contributed by atoms with E-state index < -0.39 is 0 Å². The Bertz CT molecular complexity index is 445. The molecule has 2 rings (SSSR count). The van der Waals surface area contributed by atoms with Crippen LogP contribution in [0.15, 0.2) is 18.2 Å². The molecule has 4 nitrogen and oxygen atoms in total. The van der Waals surface area contributed by atoms with Gasteiger partial charge in [-0.25, -0.2) is 0 Å². The van der Waals surface area contributed by atoms with Crippen molar-refractivity contribution in [2.75, 3.05) is 33.4 Å². The molecule has 0 bridgehead atoms. The summed E-state index contributed by atoms with van der Waals surface area (Å²) in [6, 6.07) is 6.37. The fourth-order valence-electron chi connectivity index (χ4n) is 3.10. The second-order valence-electron chi connectivity index (χ2n) is 5.95. The Morgan fingerprint density at radius 2 is 2.00 bits per heavy atom. The summed E-state index contributed by atoms with van der Waals surface area (Å²) < 4.78 is 11.4. The molecule has 1 aliphatic heterocycles. The van der Waals surface area contributed by atoms with E-state index in [-0.39, 0.29) is 6.04 Å². The van der Waals surface area contributed by atoms with Gasteiger partial charge in [0.15, 0.2) is 0 Å². The Morgan fingerprint density at radius 1 is 1.23 bits per heavy atom. The van der Waals surface area contributed by atoms with E-state index >= 15 is 0 Å². The quantitative estimate of drug-likeness (QED) is 0.711. The zero-order valence-corrected chi connectivity index (χ0v) is 14.0. The number of rotatable bonds is 9. The molecule has 0 saturated carbocycles. The van der Waals surface area contributed by atoms with E-state index in [1.807, 2.05) is 12.1 Å². The molecule has 0 spiro atoms. The van der Waals surface area contributed by atoms with Crippen molar-refractivity contribution in [2.24, 2.45) is 5.73 Å². The number of nitrogens with two attached hydrogens (primary N) is 1. The molecule has 1 unspecified atom stereocenters. The topological polar surface area (TPSA) is 47.7 Å². The van der Waals surface area contributed by atoms with Crippen molar-refractivity contribution in [3.63, 3.8) is 0 Å². The van der Waals surface area contributed by atoms with E-state index in [2.05, 4.69) is 17.9 Å². The smallest absolute Gasteiger partial charge is 0.127 e.